The molecule has 10 nitrogen and oxygen atoms in total. The van der Waals surface area contributed by atoms with E-state index in [9.17, 15) is 32.7 Å². The van der Waals surface area contributed by atoms with Gasteiger partial charge in [-0.3, -0.25) is 19.5 Å². The molecule has 1 aromatic heterocycles. The Morgan fingerprint density at radius 2 is 1.88 bits per heavy atom. The molecule has 1 aromatic rings. The second-order valence-electron chi connectivity index (χ2n) is 6.95. The number of rotatable bonds is 7. The molecule has 34 heavy (non-hydrogen) atoms. The Hall–Kier alpha value is -3.20. The van der Waals surface area contributed by atoms with Crippen LogP contribution >= 0.6 is 24.0 Å². The molecule has 0 saturated carbocycles. The van der Waals surface area contributed by atoms with Crippen LogP contribution in [0.25, 0.3) is 0 Å². The number of hydrogen-bond acceptors (Lipinski definition) is 7. The van der Waals surface area contributed by atoms with Gasteiger partial charge in [-0.05, 0) is 23.6 Å². The number of hydrogen-bond donors (Lipinski definition) is 4. The van der Waals surface area contributed by atoms with Gasteiger partial charge in [0.2, 0.25) is 0 Å². The van der Waals surface area contributed by atoms with Gasteiger partial charge >= 0.3 is 24.1 Å². The molecular formula is C19H18F3N3O7S2. The standard InChI is InChI=1S/C17H17N3O5S2.C2HF3O2/c21-12(22)4-3-11(26)19-13-15(23)20-14(17(24)25)10(8-27-16(13)20)6-9-2-1-5-18-7-9;3-2(4,5)1(6)7/h1-2,5,7,13,16H,3-4,6,8H2,(H,19,26)(H,21,22)(H,24,25);(H,6,7)/t13?,16-;/m1./s1. The first-order valence-electron chi connectivity index (χ1n) is 9.43. The van der Waals surface area contributed by atoms with Crippen molar-refractivity contribution in [3.05, 3.63) is 41.4 Å². The Morgan fingerprint density at radius 1 is 1.24 bits per heavy atom. The summed E-state index contributed by atoms with van der Waals surface area (Å²) in [6.07, 6.45) is -1.34. The number of carboxylic acid groups (broad SMARTS) is 3. The van der Waals surface area contributed by atoms with Crippen molar-refractivity contribution in [2.75, 3.05) is 5.75 Å². The third kappa shape index (κ3) is 6.90. The highest BCUT2D eigenvalue weighted by Gasteiger charge is 2.53. The highest BCUT2D eigenvalue weighted by molar-refractivity contribution is 8.00. The molecule has 0 bridgehead atoms. The minimum Gasteiger partial charge on any atom is -0.481 e. The number of aliphatic carboxylic acids is 3. The lowest BCUT2D eigenvalue weighted by Gasteiger charge is -2.49. The monoisotopic (exact) mass is 521 g/mol. The number of carboxylic acids is 3. The van der Waals surface area contributed by atoms with Crippen molar-refractivity contribution in [1.82, 2.24) is 15.2 Å². The molecule has 1 saturated heterocycles. The summed E-state index contributed by atoms with van der Waals surface area (Å²) in [6, 6.07) is 3.01. The summed E-state index contributed by atoms with van der Waals surface area (Å²) in [6.45, 7) is 0. The minimum atomic E-state index is -5.08. The van der Waals surface area contributed by atoms with Gasteiger partial charge in [0.05, 0.1) is 11.4 Å². The predicted molar refractivity (Wildman–Crippen MR) is 116 cm³/mol. The van der Waals surface area contributed by atoms with Gasteiger partial charge in [-0.1, -0.05) is 18.3 Å². The van der Waals surface area contributed by atoms with Crippen LogP contribution in [0.2, 0.25) is 0 Å². The minimum absolute atomic E-state index is 0.0158. The number of thioether (sulfide) groups is 1. The Balaban J connectivity index is 0.000000509. The van der Waals surface area contributed by atoms with Crippen LogP contribution in [0.1, 0.15) is 18.4 Å². The Labute approximate surface area is 199 Å². The van der Waals surface area contributed by atoms with Crippen LogP contribution < -0.4 is 5.32 Å². The SMILES string of the molecule is O=C(O)C(F)(F)F.O=C(O)CCC(=S)NC1C(=O)N2C(C(=O)O)=C(Cc3cccnc3)CS[C@H]12. The molecule has 4 N–H and O–H groups in total. The van der Waals surface area contributed by atoms with Crippen molar-refractivity contribution in [3.63, 3.8) is 0 Å². The predicted octanol–water partition coefficient (Wildman–Crippen LogP) is 1.66. The number of thiocarbonyl (C=S) groups is 1. The zero-order valence-electron chi connectivity index (χ0n) is 17.1. The molecule has 0 aromatic carbocycles. The number of nitrogens with one attached hydrogen (secondary N) is 1. The first kappa shape index (κ1) is 27.0. The van der Waals surface area contributed by atoms with E-state index < -0.39 is 30.1 Å². The highest BCUT2D eigenvalue weighted by Crippen LogP contribution is 2.41. The van der Waals surface area contributed by atoms with Gasteiger partial charge in [-0.15, -0.1) is 11.8 Å². The summed E-state index contributed by atoms with van der Waals surface area (Å²) < 4.78 is 31.7. The van der Waals surface area contributed by atoms with Crippen LogP contribution in [0.4, 0.5) is 13.2 Å². The van der Waals surface area contributed by atoms with Crippen LogP contribution in [0.3, 0.4) is 0 Å². The largest absolute Gasteiger partial charge is 0.490 e. The number of carbonyl (C=O) groups is 4. The Kier molecular flexibility index (Phi) is 8.98. The van der Waals surface area contributed by atoms with E-state index in [1.165, 1.54) is 16.7 Å². The number of fused-ring (bicyclic) bond motifs is 1. The highest BCUT2D eigenvalue weighted by atomic mass is 32.2. The smallest absolute Gasteiger partial charge is 0.481 e. The Bertz CT molecular complexity index is 1020. The molecule has 3 rings (SSSR count). The van der Waals surface area contributed by atoms with Crippen LogP contribution in [-0.2, 0) is 25.6 Å². The average Bonchev–Trinajstić information content (AvgIpc) is 2.76. The molecule has 1 unspecified atom stereocenters. The van der Waals surface area contributed by atoms with E-state index in [-0.39, 0.29) is 34.8 Å². The van der Waals surface area contributed by atoms with Crippen LogP contribution in [-0.4, -0.2) is 77.4 Å². The van der Waals surface area contributed by atoms with Gasteiger partial charge in [-0.25, -0.2) is 9.59 Å². The molecule has 1 amide bonds. The normalized spacial score (nSPS) is 19.3. The molecular weight excluding hydrogens is 503 g/mol. The maximum Gasteiger partial charge on any atom is 0.490 e. The average molecular weight is 521 g/mol. The third-order valence-corrected chi connectivity index (χ3v) is 6.18. The lowest BCUT2D eigenvalue weighted by molar-refractivity contribution is -0.192. The number of carbonyl (C=O) groups excluding carboxylic acids is 1. The summed E-state index contributed by atoms with van der Waals surface area (Å²) in [5, 5.41) is 28.0. The molecule has 2 aliphatic heterocycles. The molecule has 3 heterocycles. The fourth-order valence-electron chi connectivity index (χ4n) is 3.03. The number of β-lactam (4-membered cyclic amide) rings is 1. The van der Waals surface area contributed by atoms with Gasteiger partial charge in [0.15, 0.2) is 0 Å². The fourth-order valence-corrected chi connectivity index (χ4v) is 4.61. The van der Waals surface area contributed by atoms with Gasteiger partial charge < -0.3 is 20.6 Å². The van der Waals surface area contributed by atoms with E-state index in [1.807, 2.05) is 6.07 Å². The van der Waals surface area contributed by atoms with E-state index in [0.717, 1.165) is 5.56 Å². The van der Waals surface area contributed by atoms with Crippen molar-refractivity contribution in [2.24, 2.45) is 0 Å². The zero-order valence-corrected chi connectivity index (χ0v) is 18.7. The first-order chi connectivity index (χ1) is 15.8. The second kappa shape index (κ2) is 11.3. The van der Waals surface area contributed by atoms with E-state index in [4.69, 9.17) is 27.2 Å². The molecule has 0 aliphatic carbocycles. The van der Waals surface area contributed by atoms with Crippen LogP contribution in [0.15, 0.2) is 35.8 Å². The number of nitrogens with zero attached hydrogens (tertiary/aromatic N) is 2. The van der Waals surface area contributed by atoms with Crippen LogP contribution in [0.5, 0.6) is 0 Å². The summed E-state index contributed by atoms with van der Waals surface area (Å²) in [5.41, 5.74) is 1.56. The van der Waals surface area contributed by atoms with Crippen molar-refractivity contribution in [2.45, 2.75) is 36.9 Å². The number of alkyl halides is 3. The van der Waals surface area contributed by atoms with Crippen molar-refractivity contribution in [3.8, 4) is 0 Å². The number of aromatic nitrogens is 1. The van der Waals surface area contributed by atoms with Crippen molar-refractivity contribution < 1.29 is 47.7 Å². The van der Waals surface area contributed by atoms with E-state index >= 15 is 0 Å². The van der Waals surface area contributed by atoms with E-state index in [2.05, 4.69) is 10.3 Å². The molecule has 184 valence electrons. The molecule has 1 fully saturated rings. The quantitative estimate of drug-likeness (QED) is 0.306. The molecule has 15 heteroatoms. The molecule has 2 aliphatic rings. The fraction of sp³-hybridized carbons (Fsp3) is 0.368. The lowest BCUT2D eigenvalue weighted by Crippen LogP contribution is -2.70. The van der Waals surface area contributed by atoms with Gasteiger partial charge in [0.1, 0.15) is 17.1 Å². The summed E-state index contributed by atoms with van der Waals surface area (Å²) in [7, 11) is 0. The lowest BCUT2D eigenvalue weighted by atomic mass is 9.99. The number of pyridine rings is 1. The van der Waals surface area contributed by atoms with Crippen molar-refractivity contribution in [1.29, 1.82) is 0 Å². The molecule has 2 atom stereocenters. The molecule has 0 radical (unpaired) electrons. The second-order valence-corrected chi connectivity index (χ2v) is 8.54. The van der Waals surface area contributed by atoms with Crippen LogP contribution in [0, 0.1) is 0 Å². The van der Waals surface area contributed by atoms with Gasteiger partial charge in [0.25, 0.3) is 5.91 Å². The maximum absolute atomic E-state index is 12.5. The third-order valence-electron chi connectivity index (χ3n) is 4.52. The van der Waals surface area contributed by atoms with Gasteiger partial charge in [-0.2, -0.15) is 13.2 Å². The summed E-state index contributed by atoms with van der Waals surface area (Å²) in [5.74, 6) is -4.76. The maximum atomic E-state index is 12.5. The Morgan fingerprint density at radius 3 is 2.38 bits per heavy atom. The zero-order chi connectivity index (χ0) is 25.6. The number of halogens is 3. The van der Waals surface area contributed by atoms with E-state index in [1.54, 1.807) is 18.5 Å². The molecule has 0 spiro atoms. The van der Waals surface area contributed by atoms with Gasteiger partial charge in [0, 0.05) is 24.6 Å². The summed E-state index contributed by atoms with van der Waals surface area (Å²) in [4.78, 5) is 49.5. The van der Waals surface area contributed by atoms with Crippen molar-refractivity contribution >= 4 is 52.8 Å². The van der Waals surface area contributed by atoms with E-state index in [0.29, 0.717) is 17.7 Å². The summed E-state index contributed by atoms with van der Waals surface area (Å²) >= 11 is 6.56. The first-order valence-corrected chi connectivity index (χ1v) is 10.9. The number of amides is 1. The topological polar surface area (TPSA) is 157 Å².